The minimum absolute atomic E-state index is 0.0179. The van der Waals surface area contributed by atoms with Gasteiger partial charge < -0.3 is 4.90 Å². The van der Waals surface area contributed by atoms with E-state index in [-0.39, 0.29) is 10.8 Å². The highest BCUT2D eigenvalue weighted by molar-refractivity contribution is 9.09. The van der Waals surface area contributed by atoms with Crippen molar-refractivity contribution in [2.24, 2.45) is 5.92 Å². The third kappa shape index (κ3) is 3.61. The third-order valence-electron chi connectivity index (χ3n) is 3.55. The van der Waals surface area contributed by atoms with Crippen LogP contribution in [0.2, 0.25) is 0 Å². The molecule has 1 aliphatic rings. The maximum atomic E-state index is 12.4. The van der Waals surface area contributed by atoms with Crippen LogP contribution in [-0.4, -0.2) is 43.9 Å². The van der Waals surface area contributed by atoms with Gasteiger partial charge in [0.25, 0.3) is 5.91 Å². The van der Waals surface area contributed by atoms with Crippen molar-refractivity contribution in [1.29, 1.82) is 0 Å². The van der Waals surface area contributed by atoms with Crippen molar-refractivity contribution in [3.05, 3.63) is 29.8 Å². The van der Waals surface area contributed by atoms with Gasteiger partial charge in [-0.05, 0) is 43.0 Å². The summed E-state index contributed by atoms with van der Waals surface area (Å²) >= 11 is 3.47. The lowest BCUT2D eigenvalue weighted by Gasteiger charge is -2.32. The average Bonchev–Trinajstić information content (AvgIpc) is 2.46. The van der Waals surface area contributed by atoms with E-state index in [0.717, 1.165) is 37.5 Å². The van der Waals surface area contributed by atoms with Crippen LogP contribution in [0.5, 0.6) is 0 Å². The van der Waals surface area contributed by atoms with E-state index in [1.54, 1.807) is 12.1 Å². The second kappa shape index (κ2) is 6.26. The van der Waals surface area contributed by atoms with Crippen molar-refractivity contribution in [3.63, 3.8) is 0 Å². The molecule has 6 heteroatoms. The van der Waals surface area contributed by atoms with Crippen molar-refractivity contribution in [2.75, 3.05) is 24.7 Å². The Hall–Kier alpha value is -0.880. The molecule has 1 aliphatic heterocycles. The average molecular weight is 360 g/mol. The maximum absolute atomic E-state index is 12.4. The zero-order chi connectivity index (χ0) is 14.8. The molecule has 1 aromatic rings. The van der Waals surface area contributed by atoms with E-state index in [4.69, 9.17) is 0 Å². The Kier molecular flexibility index (Phi) is 4.86. The molecule has 1 fully saturated rings. The molecule has 1 atom stereocenters. The molecule has 0 radical (unpaired) electrons. The zero-order valence-corrected chi connectivity index (χ0v) is 13.8. The predicted molar refractivity (Wildman–Crippen MR) is 82.0 cm³/mol. The summed E-state index contributed by atoms with van der Waals surface area (Å²) < 4.78 is 22.8. The summed E-state index contributed by atoms with van der Waals surface area (Å²) in [6.07, 6.45) is 3.32. The molecule has 1 amide bonds. The molecule has 0 bridgehead atoms. The minimum atomic E-state index is -3.21. The number of hydrogen-bond donors (Lipinski definition) is 0. The first-order chi connectivity index (χ1) is 9.41. The van der Waals surface area contributed by atoms with Gasteiger partial charge in [-0.1, -0.05) is 15.9 Å². The number of carbonyl (C=O) groups excluding carboxylic acids is 1. The maximum Gasteiger partial charge on any atom is 0.253 e. The first-order valence-electron chi connectivity index (χ1n) is 6.57. The number of rotatable bonds is 3. The van der Waals surface area contributed by atoms with Gasteiger partial charge in [-0.3, -0.25) is 4.79 Å². The molecule has 0 aliphatic carbocycles. The highest BCUT2D eigenvalue weighted by Gasteiger charge is 2.23. The van der Waals surface area contributed by atoms with Gasteiger partial charge in [0.1, 0.15) is 0 Å². The van der Waals surface area contributed by atoms with Gasteiger partial charge in [-0.15, -0.1) is 0 Å². The van der Waals surface area contributed by atoms with Crippen LogP contribution >= 0.6 is 15.9 Å². The molecule has 1 unspecified atom stereocenters. The molecular formula is C14H18BrNO3S. The molecule has 2 rings (SSSR count). The number of carbonyl (C=O) groups is 1. The van der Waals surface area contributed by atoms with E-state index in [2.05, 4.69) is 15.9 Å². The number of hydrogen-bond acceptors (Lipinski definition) is 3. The lowest BCUT2D eigenvalue weighted by Crippen LogP contribution is -2.40. The van der Waals surface area contributed by atoms with Gasteiger partial charge in [0.05, 0.1) is 4.90 Å². The summed E-state index contributed by atoms with van der Waals surface area (Å²) in [7, 11) is -3.21. The van der Waals surface area contributed by atoms with E-state index in [9.17, 15) is 13.2 Å². The molecule has 20 heavy (non-hydrogen) atoms. The van der Waals surface area contributed by atoms with Gasteiger partial charge in [-0.25, -0.2) is 8.42 Å². The minimum Gasteiger partial charge on any atom is -0.338 e. The molecule has 0 N–H and O–H groups in total. The topological polar surface area (TPSA) is 54.5 Å². The number of amides is 1. The summed E-state index contributed by atoms with van der Waals surface area (Å²) in [4.78, 5) is 14.5. The Labute approximate surface area is 128 Å². The summed E-state index contributed by atoms with van der Waals surface area (Å²) in [5.74, 6) is 0.485. The van der Waals surface area contributed by atoms with Crippen LogP contribution in [0.15, 0.2) is 29.2 Å². The highest BCUT2D eigenvalue weighted by atomic mass is 79.9. The zero-order valence-electron chi connectivity index (χ0n) is 11.4. The molecule has 0 saturated carbocycles. The Morgan fingerprint density at radius 2 is 2.00 bits per heavy atom. The third-order valence-corrected chi connectivity index (χ3v) is 5.60. The lowest BCUT2D eigenvalue weighted by molar-refractivity contribution is 0.0686. The number of likely N-dealkylation sites (tertiary alicyclic amines) is 1. The highest BCUT2D eigenvalue weighted by Crippen LogP contribution is 2.20. The van der Waals surface area contributed by atoms with Crippen LogP contribution in [0, 0.1) is 5.92 Å². The van der Waals surface area contributed by atoms with Crippen LogP contribution in [0.25, 0.3) is 0 Å². The number of sulfone groups is 1. The number of halogens is 1. The number of nitrogens with zero attached hydrogens (tertiary/aromatic N) is 1. The molecule has 110 valence electrons. The number of benzene rings is 1. The molecule has 1 aromatic carbocycles. The fourth-order valence-electron chi connectivity index (χ4n) is 2.40. The van der Waals surface area contributed by atoms with Gasteiger partial charge >= 0.3 is 0 Å². The number of alkyl halides is 1. The number of piperidine rings is 1. The van der Waals surface area contributed by atoms with Crippen molar-refractivity contribution >= 4 is 31.7 Å². The van der Waals surface area contributed by atoms with E-state index in [1.165, 1.54) is 12.1 Å². The second-order valence-electron chi connectivity index (χ2n) is 5.21. The summed E-state index contributed by atoms with van der Waals surface area (Å²) in [5, 5.41) is 0.907. The predicted octanol–water partition coefficient (Wildman–Crippen LogP) is 2.34. The fourth-order valence-corrected chi connectivity index (χ4v) is 3.56. The second-order valence-corrected chi connectivity index (χ2v) is 7.87. The quantitative estimate of drug-likeness (QED) is 0.778. The van der Waals surface area contributed by atoms with Gasteiger partial charge in [-0.2, -0.15) is 0 Å². The Balaban J connectivity index is 2.13. The summed E-state index contributed by atoms with van der Waals surface area (Å²) in [6.45, 7) is 1.54. The van der Waals surface area contributed by atoms with E-state index in [1.807, 2.05) is 4.90 Å². The summed E-state index contributed by atoms with van der Waals surface area (Å²) in [6, 6.07) is 6.18. The van der Waals surface area contributed by atoms with Crippen LogP contribution in [0.3, 0.4) is 0 Å². The Morgan fingerprint density at radius 1 is 1.35 bits per heavy atom. The van der Waals surface area contributed by atoms with Crippen LogP contribution in [-0.2, 0) is 9.84 Å². The smallest absolute Gasteiger partial charge is 0.253 e. The van der Waals surface area contributed by atoms with Gasteiger partial charge in [0, 0.05) is 30.2 Å². The first-order valence-corrected chi connectivity index (χ1v) is 9.58. The fraction of sp³-hybridized carbons (Fsp3) is 0.500. The normalized spacial score (nSPS) is 19.9. The summed E-state index contributed by atoms with van der Waals surface area (Å²) in [5.41, 5.74) is 0.549. The molecule has 1 heterocycles. The van der Waals surface area contributed by atoms with E-state index in [0.29, 0.717) is 11.5 Å². The Bertz CT molecular complexity index is 583. The molecule has 4 nitrogen and oxygen atoms in total. The Morgan fingerprint density at radius 3 is 2.55 bits per heavy atom. The van der Waals surface area contributed by atoms with Gasteiger partial charge in [0.15, 0.2) is 9.84 Å². The van der Waals surface area contributed by atoms with Crippen molar-refractivity contribution < 1.29 is 13.2 Å². The van der Waals surface area contributed by atoms with Crippen LogP contribution < -0.4 is 0 Å². The van der Waals surface area contributed by atoms with E-state index >= 15 is 0 Å². The van der Waals surface area contributed by atoms with Crippen molar-refractivity contribution in [3.8, 4) is 0 Å². The van der Waals surface area contributed by atoms with E-state index < -0.39 is 9.84 Å². The van der Waals surface area contributed by atoms with Crippen LogP contribution in [0.4, 0.5) is 0 Å². The lowest BCUT2D eigenvalue weighted by atomic mass is 9.99. The van der Waals surface area contributed by atoms with Crippen molar-refractivity contribution in [1.82, 2.24) is 4.90 Å². The largest absolute Gasteiger partial charge is 0.338 e. The van der Waals surface area contributed by atoms with Crippen LogP contribution in [0.1, 0.15) is 23.2 Å². The first kappa shape index (κ1) is 15.5. The SMILES string of the molecule is CS(=O)(=O)c1ccc(C(=O)N2CCCC(CBr)C2)cc1. The van der Waals surface area contributed by atoms with Crippen molar-refractivity contribution in [2.45, 2.75) is 17.7 Å². The monoisotopic (exact) mass is 359 g/mol. The standard InChI is InChI=1S/C14H18BrNO3S/c1-20(18,19)13-6-4-12(5-7-13)14(17)16-8-2-3-11(9-15)10-16/h4-7,11H,2-3,8-10H2,1H3. The molecule has 0 aromatic heterocycles. The molecule has 1 saturated heterocycles. The van der Waals surface area contributed by atoms with Gasteiger partial charge in [0.2, 0.25) is 0 Å². The molecule has 0 spiro atoms. The molecular weight excluding hydrogens is 342 g/mol.